The Morgan fingerprint density at radius 1 is 1.23 bits per heavy atom. The van der Waals surface area contributed by atoms with Crippen molar-refractivity contribution in [2.45, 2.75) is 31.7 Å². The Kier molecular flexibility index (Phi) is 7.45. The zero-order valence-corrected chi connectivity index (χ0v) is 12.4. The summed E-state index contributed by atoms with van der Waals surface area (Å²) >= 11 is 0. The van der Waals surface area contributed by atoms with E-state index in [2.05, 4.69) is 10.3 Å². The first-order chi connectivity index (χ1) is 10.5. The molecule has 0 radical (unpaired) electrons. The topological polar surface area (TPSA) is 131 Å². The number of aryl methyl sites for hydroxylation is 1. The van der Waals surface area contributed by atoms with E-state index in [1.165, 1.54) is 0 Å². The van der Waals surface area contributed by atoms with E-state index >= 15 is 0 Å². The Labute approximate surface area is 129 Å². The normalized spacial score (nSPS) is 11.5. The van der Waals surface area contributed by atoms with E-state index < -0.39 is 12.0 Å². The van der Waals surface area contributed by atoms with Crippen LogP contribution in [0.15, 0.2) is 35.3 Å². The maximum atomic E-state index is 11.8. The van der Waals surface area contributed by atoms with Crippen LogP contribution >= 0.6 is 0 Å². The van der Waals surface area contributed by atoms with Gasteiger partial charge in [0.15, 0.2) is 5.96 Å². The second kappa shape index (κ2) is 9.38. The van der Waals surface area contributed by atoms with Crippen molar-refractivity contribution >= 4 is 17.8 Å². The van der Waals surface area contributed by atoms with Crippen LogP contribution in [0.3, 0.4) is 0 Å². The van der Waals surface area contributed by atoms with Gasteiger partial charge in [0.2, 0.25) is 5.91 Å². The summed E-state index contributed by atoms with van der Waals surface area (Å²) < 4.78 is 0. The number of benzene rings is 1. The number of aliphatic carboxylic acids is 1. The van der Waals surface area contributed by atoms with E-state index in [-0.39, 0.29) is 24.7 Å². The van der Waals surface area contributed by atoms with Crippen LogP contribution in [-0.2, 0) is 16.0 Å². The third kappa shape index (κ3) is 7.28. The second-order valence-corrected chi connectivity index (χ2v) is 4.89. The van der Waals surface area contributed by atoms with Gasteiger partial charge in [-0.15, -0.1) is 0 Å². The molecule has 0 saturated heterocycles. The number of carboxylic acids is 1. The summed E-state index contributed by atoms with van der Waals surface area (Å²) in [6.07, 6.45) is 1.59. The van der Waals surface area contributed by atoms with Crippen LogP contribution in [0, 0.1) is 0 Å². The molecule has 0 aromatic heterocycles. The van der Waals surface area contributed by atoms with E-state index in [0.29, 0.717) is 19.4 Å². The van der Waals surface area contributed by atoms with Crippen molar-refractivity contribution in [2.75, 3.05) is 6.54 Å². The van der Waals surface area contributed by atoms with Gasteiger partial charge < -0.3 is 21.9 Å². The van der Waals surface area contributed by atoms with Crippen molar-refractivity contribution in [3.05, 3.63) is 35.9 Å². The predicted molar refractivity (Wildman–Crippen MR) is 84.2 cm³/mol. The van der Waals surface area contributed by atoms with E-state index in [1.807, 2.05) is 30.3 Å². The highest BCUT2D eigenvalue weighted by molar-refractivity contribution is 5.83. The average molecular weight is 306 g/mol. The molecule has 0 aliphatic carbocycles. The van der Waals surface area contributed by atoms with E-state index in [1.54, 1.807) is 0 Å². The van der Waals surface area contributed by atoms with Crippen LogP contribution in [0.5, 0.6) is 0 Å². The van der Waals surface area contributed by atoms with Gasteiger partial charge in [-0.2, -0.15) is 0 Å². The van der Waals surface area contributed by atoms with Crippen molar-refractivity contribution in [1.29, 1.82) is 0 Å². The largest absolute Gasteiger partial charge is 0.480 e. The molecule has 22 heavy (non-hydrogen) atoms. The third-order valence-corrected chi connectivity index (χ3v) is 3.06. The van der Waals surface area contributed by atoms with E-state index in [0.717, 1.165) is 5.56 Å². The first-order valence-electron chi connectivity index (χ1n) is 7.10. The highest BCUT2D eigenvalue weighted by Gasteiger charge is 2.19. The van der Waals surface area contributed by atoms with Gasteiger partial charge in [-0.05, 0) is 24.8 Å². The smallest absolute Gasteiger partial charge is 0.326 e. The number of nitrogens with one attached hydrogen (secondary N) is 1. The highest BCUT2D eigenvalue weighted by Crippen LogP contribution is 2.04. The molecule has 1 atom stereocenters. The summed E-state index contributed by atoms with van der Waals surface area (Å²) in [5.74, 6) is -1.37. The molecule has 0 heterocycles. The fourth-order valence-corrected chi connectivity index (χ4v) is 1.93. The Hall–Kier alpha value is -2.57. The summed E-state index contributed by atoms with van der Waals surface area (Å²) in [6.45, 7) is 0.339. The molecule has 7 heteroatoms. The lowest BCUT2D eigenvalue weighted by molar-refractivity contribution is -0.142. The van der Waals surface area contributed by atoms with Gasteiger partial charge >= 0.3 is 5.97 Å². The SMILES string of the molecule is NC(N)=NCCCC(NC(=O)CCc1ccccc1)C(=O)O. The molecule has 1 amide bonds. The molecule has 1 rings (SSSR count). The lowest BCUT2D eigenvalue weighted by atomic mass is 10.1. The van der Waals surface area contributed by atoms with Crippen molar-refractivity contribution in [3.8, 4) is 0 Å². The number of amides is 1. The molecule has 7 nitrogen and oxygen atoms in total. The number of hydrogen-bond acceptors (Lipinski definition) is 3. The number of nitrogens with zero attached hydrogens (tertiary/aromatic N) is 1. The highest BCUT2D eigenvalue weighted by atomic mass is 16.4. The number of rotatable bonds is 9. The lowest BCUT2D eigenvalue weighted by Gasteiger charge is -2.14. The number of aliphatic imine (C=N–C) groups is 1. The van der Waals surface area contributed by atoms with Gasteiger partial charge in [0.1, 0.15) is 6.04 Å². The first-order valence-corrected chi connectivity index (χ1v) is 7.10. The molecule has 0 bridgehead atoms. The monoisotopic (exact) mass is 306 g/mol. The van der Waals surface area contributed by atoms with Gasteiger partial charge in [-0.1, -0.05) is 30.3 Å². The van der Waals surface area contributed by atoms with Crippen molar-refractivity contribution in [2.24, 2.45) is 16.5 Å². The summed E-state index contributed by atoms with van der Waals surface area (Å²) in [7, 11) is 0. The standard InChI is InChI=1S/C15H22N4O3/c16-15(17)18-10-4-7-12(14(21)22)19-13(20)9-8-11-5-2-1-3-6-11/h1-3,5-6,12H,4,7-10H2,(H,19,20)(H,21,22)(H4,16,17,18). The molecule has 0 aliphatic heterocycles. The van der Waals surface area contributed by atoms with Gasteiger partial charge in [0.25, 0.3) is 0 Å². The first kappa shape index (κ1) is 17.5. The summed E-state index contributed by atoms with van der Waals surface area (Å²) in [4.78, 5) is 26.7. The maximum Gasteiger partial charge on any atom is 0.326 e. The van der Waals surface area contributed by atoms with Crippen LogP contribution < -0.4 is 16.8 Å². The summed E-state index contributed by atoms with van der Waals surface area (Å²) in [5.41, 5.74) is 11.4. The molecule has 0 saturated carbocycles. The number of carbonyl (C=O) groups excluding carboxylic acids is 1. The van der Waals surface area contributed by atoms with Crippen molar-refractivity contribution in [3.63, 3.8) is 0 Å². The summed E-state index contributed by atoms with van der Waals surface area (Å²) in [5, 5.41) is 11.6. The quantitative estimate of drug-likeness (QED) is 0.295. The van der Waals surface area contributed by atoms with Crippen molar-refractivity contribution in [1.82, 2.24) is 5.32 Å². The van der Waals surface area contributed by atoms with Crippen LogP contribution in [0.25, 0.3) is 0 Å². The molecule has 6 N–H and O–H groups in total. The lowest BCUT2D eigenvalue weighted by Crippen LogP contribution is -2.41. The third-order valence-electron chi connectivity index (χ3n) is 3.06. The number of carboxylic acid groups (broad SMARTS) is 1. The summed E-state index contributed by atoms with van der Waals surface area (Å²) in [6, 6.07) is 8.64. The van der Waals surface area contributed by atoms with Gasteiger partial charge in [0, 0.05) is 13.0 Å². The molecule has 1 aromatic rings. The molecule has 1 unspecified atom stereocenters. The minimum Gasteiger partial charge on any atom is -0.480 e. The number of carbonyl (C=O) groups is 2. The number of hydrogen-bond donors (Lipinski definition) is 4. The number of nitrogens with two attached hydrogens (primary N) is 2. The van der Waals surface area contributed by atoms with Crippen LogP contribution in [-0.4, -0.2) is 35.5 Å². The molecular weight excluding hydrogens is 284 g/mol. The van der Waals surface area contributed by atoms with Gasteiger partial charge in [0.05, 0.1) is 0 Å². The Morgan fingerprint density at radius 2 is 1.91 bits per heavy atom. The van der Waals surface area contributed by atoms with E-state index in [9.17, 15) is 9.59 Å². The van der Waals surface area contributed by atoms with Crippen LogP contribution in [0.4, 0.5) is 0 Å². The van der Waals surface area contributed by atoms with Crippen LogP contribution in [0.2, 0.25) is 0 Å². The Balaban J connectivity index is 2.37. The fraction of sp³-hybridized carbons (Fsp3) is 0.400. The molecule has 1 aromatic carbocycles. The Bertz CT molecular complexity index is 513. The molecule has 0 fully saturated rings. The van der Waals surface area contributed by atoms with Crippen LogP contribution in [0.1, 0.15) is 24.8 Å². The molecule has 0 aliphatic rings. The average Bonchev–Trinajstić information content (AvgIpc) is 2.48. The molecular formula is C15H22N4O3. The molecule has 0 spiro atoms. The zero-order chi connectivity index (χ0) is 16.4. The van der Waals surface area contributed by atoms with E-state index in [4.69, 9.17) is 16.6 Å². The zero-order valence-electron chi connectivity index (χ0n) is 12.4. The molecule has 120 valence electrons. The van der Waals surface area contributed by atoms with Crippen molar-refractivity contribution < 1.29 is 14.7 Å². The minimum atomic E-state index is -1.06. The fourth-order valence-electron chi connectivity index (χ4n) is 1.93. The van der Waals surface area contributed by atoms with Gasteiger partial charge in [-0.3, -0.25) is 9.79 Å². The predicted octanol–water partition coefficient (Wildman–Crippen LogP) is 0.242. The van der Waals surface area contributed by atoms with Gasteiger partial charge in [-0.25, -0.2) is 4.79 Å². The number of guanidine groups is 1. The minimum absolute atomic E-state index is 0.0289. The second-order valence-electron chi connectivity index (χ2n) is 4.89. The Morgan fingerprint density at radius 3 is 2.50 bits per heavy atom. The maximum absolute atomic E-state index is 11.8.